The number of rotatable bonds is 1. The van der Waals surface area contributed by atoms with E-state index in [-0.39, 0.29) is 12.7 Å². The largest absolute Gasteiger partial charge is 0.391 e. The van der Waals surface area contributed by atoms with Crippen molar-refractivity contribution in [2.45, 2.75) is 24.9 Å². The number of ether oxygens (including phenoxy) is 2. The average Bonchev–Trinajstić information content (AvgIpc) is 1.94. The van der Waals surface area contributed by atoms with Crippen LogP contribution in [0, 0.1) is 0 Å². The van der Waals surface area contributed by atoms with Crippen LogP contribution in [-0.4, -0.2) is 42.4 Å². The quantitative estimate of drug-likeness (QED) is 0.506. The lowest BCUT2D eigenvalue weighted by Gasteiger charge is -2.29. The van der Waals surface area contributed by atoms with Crippen LogP contribution in [0.1, 0.15) is 6.42 Å². The molecule has 1 heterocycles. The summed E-state index contributed by atoms with van der Waals surface area (Å²) in [6, 6.07) is 0. The smallest absolute Gasteiger partial charge is 0.181 e. The van der Waals surface area contributed by atoms with E-state index in [0.717, 1.165) is 0 Å². The molecule has 4 heteroatoms. The van der Waals surface area contributed by atoms with E-state index in [2.05, 4.69) is 0 Å². The first-order chi connectivity index (χ1) is 4.74. The summed E-state index contributed by atoms with van der Waals surface area (Å²) in [4.78, 5) is 0. The van der Waals surface area contributed by atoms with Gasteiger partial charge in [0.15, 0.2) is 6.29 Å². The molecule has 0 aromatic heterocycles. The van der Waals surface area contributed by atoms with Crippen molar-refractivity contribution >= 4 is 0 Å². The average molecular weight is 148 g/mol. The summed E-state index contributed by atoms with van der Waals surface area (Å²) in [5.41, 5.74) is 0. The van der Waals surface area contributed by atoms with Gasteiger partial charge in [0.05, 0.1) is 12.7 Å². The lowest BCUT2D eigenvalue weighted by molar-refractivity contribution is -0.219. The van der Waals surface area contributed by atoms with E-state index < -0.39 is 12.4 Å². The zero-order valence-electron chi connectivity index (χ0n) is 5.86. The van der Waals surface area contributed by atoms with Crippen molar-refractivity contribution in [3.05, 3.63) is 0 Å². The minimum atomic E-state index is -0.881. The van der Waals surface area contributed by atoms with E-state index in [1.165, 1.54) is 7.11 Å². The second kappa shape index (κ2) is 3.30. The zero-order valence-corrected chi connectivity index (χ0v) is 5.86. The Bertz CT molecular complexity index is 106. The van der Waals surface area contributed by atoms with Crippen LogP contribution in [-0.2, 0) is 9.47 Å². The SMILES string of the molecule is COC1CC(O)COC1O. The van der Waals surface area contributed by atoms with Crippen LogP contribution >= 0.6 is 0 Å². The highest BCUT2D eigenvalue weighted by Gasteiger charge is 2.28. The normalized spacial score (nSPS) is 41.7. The standard InChI is InChI=1S/C6H12O4/c1-9-5-2-4(7)3-10-6(5)8/h4-8H,2-3H2,1H3. The van der Waals surface area contributed by atoms with E-state index >= 15 is 0 Å². The molecule has 4 nitrogen and oxygen atoms in total. The Morgan fingerprint density at radius 3 is 2.70 bits per heavy atom. The number of hydrogen-bond donors (Lipinski definition) is 2. The topological polar surface area (TPSA) is 58.9 Å². The van der Waals surface area contributed by atoms with Gasteiger partial charge in [0, 0.05) is 13.5 Å². The molecule has 0 aromatic rings. The Kier molecular flexibility index (Phi) is 2.62. The minimum Gasteiger partial charge on any atom is -0.391 e. The van der Waals surface area contributed by atoms with Gasteiger partial charge in [-0.2, -0.15) is 0 Å². The van der Waals surface area contributed by atoms with Crippen molar-refractivity contribution in [1.82, 2.24) is 0 Å². The molecule has 0 aliphatic carbocycles. The predicted molar refractivity (Wildman–Crippen MR) is 33.4 cm³/mol. The Morgan fingerprint density at radius 2 is 2.20 bits per heavy atom. The third kappa shape index (κ3) is 1.67. The minimum absolute atomic E-state index is 0.195. The molecule has 2 N–H and O–H groups in total. The maximum absolute atomic E-state index is 9.03. The van der Waals surface area contributed by atoms with Crippen LogP contribution in [0.3, 0.4) is 0 Å². The maximum Gasteiger partial charge on any atom is 0.181 e. The van der Waals surface area contributed by atoms with Gasteiger partial charge in [-0.15, -0.1) is 0 Å². The van der Waals surface area contributed by atoms with Crippen LogP contribution in [0.2, 0.25) is 0 Å². The fourth-order valence-electron chi connectivity index (χ4n) is 0.982. The summed E-state index contributed by atoms with van der Waals surface area (Å²) in [5.74, 6) is 0. The summed E-state index contributed by atoms with van der Waals surface area (Å²) >= 11 is 0. The van der Waals surface area contributed by atoms with Gasteiger partial charge in [-0.1, -0.05) is 0 Å². The van der Waals surface area contributed by atoms with Crippen LogP contribution in [0.5, 0.6) is 0 Å². The molecule has 1 fully saturated rings. The number of hydrogen-bond acceptors (Lipinski definition) is 4. The first-order valence-corrected chi connectivity index (χ1v) is 3.24. The van der Waals surface area contributed by atoms with Gasteiger partial charge in [-0.3, -0.25) is 0 Å². The van der Waals surface area contributed by atoms with Crippen molar-refractivity contribution < 1.29 is 19.7 Å². The Balaban J connectivity index is 2.38. The first kappa shape index (κ1) is 7.94. The molecule has 1 aliphatic heterocycles. The van der Waals surface area contributed by atoms with Gasteiger partial charge in [-0.05, 0) is 0 Å². The molecule has 0 amide bonds. The zero-order chi connectivity index (χ0) is 7.56. The van der Waals surface area contributed by atoms with Crippen LogP contribution in [0.4, 0.5) is 0 Å². The van der Waals surface area contributed by atoms with Crippen molar-refractivity contribution in [3.63, 3.8) is 0 Å². The maximum atomic E-state index is 9.03. The summed E-state index contributed by atoms with van der Waals surface area (Å²) in [7, 11) is 1.48. The summed E-state index contributed by atoms with van der Waals surface area (Å²) in [6.45, 7) is 0.195. The van der Waals surface area contributed by atoms with Crippen molar-refractivity contribution in [3.8, 4) is 0 Å². The molecule has 60 valence electrons. The van der Waals surface area contributed by atoms with Gasteiger partial charge < -0.3 is 19.7 Å². The summed E-state index contributed by atoms with van der Waals surface area (Å²) in [5, 5.41) is 18.0. The van der Waals surface area contributed by atoms with Crippen LogP contribution in [0.25, 0.3) is 0 Å². The molecule has 1 aliphatic rings. The fourth-order valence-corrected chi connectivity index (χ4v) is 0.982. The second-order valence-corrected chi connectivity index (χ2v) is 2.39. The van der Waals surface area contributed by atoms with Crippen molar-refractivity contribution in [1.29, 1.82) is 0 Å². The third-order valence-electron chi connectivity index (χ3n) is 1.58. The van der Waals surface area contributed by atoms with Gasteiger partial charge in [0.25, 0.3) is 0 Å². The van der Waals surface area contributed by atoms with E-state index in [1.54, 1.807) is 0 Å². The lowest BCUT2D eigenvalue weighted by atomic mass is 10.1. The lowest BCUT2D eigenvalue weighted by Crippen LogP contribution is -2.41. The Morgan fingerprint density at radius 1 is 1.50 bits per heavy atom. The second-order valence-electron chi connectivity index (χ2n) is 2.39. The van der Waals surface area contributed by atoms with E-state index in [1.807, 2.05) is 0 Å². The molecule has 0 spiro atoms. The molecular formula is C6H12O4. The Hall–Kier alpha value is -0.160. The Labute approximate surface area is 59.4 Å². The predicted octanol–water partition coefficient (Wildman–Crippen LogP) is -0.899. The highest BCUT2D eigenvalue weighted by Crippen LogP contribution is 2.14. The van der Waals surface area contributed by atoms with Crippen molar-refractivity contribution in [2.75, 3.05) is 13.7 Å². The monoisotopic (exact) mass is 148 g/mol. The molecule has 3 unspecified atom stereocenters. The fraction of sp³-hybridized carbons (Fsp3) is 1.00. The molecule has 0 saturated carbocycles. The molecule has 1 saturated heterocycles. The molecule has 3 atom stereocenters. The van der Waals surface area contributed by atoms with Crippen LogP contribution < -0.4 is 0 Å². The molecular weight excluding hydrogens is 136 g/mol. The summed E-state index contributed by atoms with van der Waals surface area (Å²) < 4.78 is 9.61. The first-order valence-electron chi connectivity index (χ1n) is 3.24. The highest BCUT2D eigenvalue weighted by molar-refractivity contribution is 4.72. The van der Waals surface area contributed by atoms with Crippen LogP contribution in [0.15, 0.2) is 0 Å². The molecule has 0 radical (unpaired) electrons. The highest BCUT2D eigenvalue weighted by atomic mass is 16.6. The van der Waals surface area contributed by atoms with Crippen molar-refractivity contribution in [2.24, 2.45) is 0 Å². The van der Waals surface area contributed by atoms with Gasteiger partial charge in [-0.25, -0.2) is 0 Å². The van der Waals surface area contributed by atoms with E-state index in [9.17, 15) is 0 Å². The number of methoxy groups -OCH3 is 1. The number of aliphatic hydroxyl groups excluding tert-OH is 2. The van der Waals surface area contributed by atoms with Gasteiger partial charge in [0.2, 0.25) is 0 Å². The number of aliphatic hydroxyl groups is 2. The molecule has 10 heavy (non-hydrogen) atoms. The van der Waals surface area contributed by atoms with Gasteiger partial charge in [0.1, 0.15) is 6.10 Å². The molecule has 0 aromatic carbocycles. The summed E-state index contributed by atoms with van der Waals surface area (Å²) in [6.07, 6.45) is -1.33. The molecule has 0 bridgehead atoms. The van der Waals surface area contributed by atoms with E-state index in [0.29, 0.717) is 6.42 Å². The van der Waals surface area contributed by atoms with Gasteiger partial charge >= 0.3 is 0 Å². The van der Waals surface area contributed by atoms with E-state index in [4.69, 9.17) is 19.7 Å². The third-order valence-corrected chi connectivity index (χ3v) is 1.58. The molecule has 1 rings (SSSR count).